The summed E-state index contributed by atoms with van der Waals surface area (Å²) in [6, 6.07) is 11.3. The maximum Gasteiger partial charge on any atom is 0.310 e. The van der Waals surface area contributed by atoms with E-state index in [-0.39, 0.29) is 35.6 Å². The molecule has 1 unspecified atom stereocenters. The SMILES string of the molecule is CC(C#N)(COc1ccccc1C#N)NC(=O)c1ccc(S(F)(F)(F)(F)F)cc1. The predicted octanol–water partition coefficient (Wildman–Crippen LogP) is 5.31. The van der Waals surface area contributed by atoms with Crippen LogP contribution in [-0.4, -0.2) is 18.1 Å². The third kappa shape index (κ3) is 5.59. The number of nitrogens with one attached hydrogen (secondary N) is 1. The molecular weight excluding hydrogens is 417 g/mol. The number of carbonyl (C=O) groups excluding carboxylic acids is 1. The monoisotopic (exact) mass is 431 g/mol. The lowest BCUT2D eigenvalue weighted by Crippen LogP contribution is -2.49. The fraction of sp³-hybridized carbons (Fsp3) is 0.167. The average molecular weight is 431 g/mol. The lowest BCUT2D eigenvalue weighted by Gasteiger charge is -2.40. The average Bonchev–Trinajstić information content (AvgIpc) is 2.65. The Morgan fingerprint density at radius 1 is 1.07 bits per heavy atom. The molecular formula is C18H14F5N3O2S. The second-order valence-electron chi connectivity index (χ2n) is 6.29. The molecule has 0 aliphatic rings. The van der Waals surface area contributed by atoms with Crippen molar-refractivity contribution in [3.8, 4) is 17.9 Å². The number of rotatable bonds is 6. The van der Waals surface area contributed by atoms with Crippen molar-refractivity contribution < 1.29 is 29.0 Å². The molecule has 0 bridgehead atoms. The van der Waals surface area contributed by atoms with Crippen LogP contribution in [0.3, 0.4) is 0 Å². The number of benzene rings is 2. The first-order chi connectivity index (χ1) is 13.2. The number of nitrogens with zero attached hydrogens (tertiary/aromatic N) is 2. The van der Waals surface area contributed by atoms with E-state index in [1.54, 1.807) is 18.2 Å². The van der Waals surface area contributed by atoms with Crippen molar-refractivity contribution in [2.45, 2.75) is 17.4 Å². The summed E-state index contributed by atoms with van der Waals surface area (Å²) in [7, 11) is -9.84. The van der Waals surface area contributed by atoms with Crippen LogP contribution in [0, 0.1) is 22.7 Å². The first kappa shape index (κ1) is 22.0. The molecule has 0 aliphatic heterocycles. The van der Waals surface area contributed by atoms with Gasteiger partial charge >= 0.3 is 10.2 Å². The molecule has 154 valence electrons. The Kier molecular flexibility index (Phi) is 5.03. The molecule has 29 heavy (non-hydrogen) atoms. The van der Waals surface area contributed by atoms with Crippen molar-refractivity contribution in [3.05, 3.63) is 59.7 Å². The van der Waals surface area contributed by atoms with E-state index in [4.69, 9.17) is 10.00 Å². The van der Waals surface area contributed by atoms with E-state index in [1.165, 1.54) is 19.1 Å². The molecule has 0 aromatic heterocycles. The molecule has 0 fully saturated rings. The minimum Gasteiger partial charge on any atom is -0.489 e. The number of nitriles is 2. The Balaban J connectivity index is 2.15. The number of ether oxygens (including phenoxy) is 1. The number of carbonyl (C=O) groups is 1. The molecule has 1 atom stereocenters. The third-order valence-corrected chi connectivity index (χ3v) is 4.89. The normalized spacial score (nSPS) is 15.6. The molecule has 0 spiro atoms. The Hall–Kier alpha value is -3.31. The van der Waals surface area contributed by atoms with Crippen LogP contribution in [0.5, 0.6) is 5.75 Å². The van der Waals surface area contributed by atoms with E-state index in [2.05, 4.69) is 5.32 Å². The molecule has 11 heteroatoms. The standard InChI is InChI=1S/C18H14F5N3O2S/c1-18(11-25,12-28-16-5-3-2-4-14(16)10-24)26-17(27)13-6-8-15(9-7-13)29(19,20,21,22)23/h2-9H,12H2,1H3,(H,26,27). The van der Waals surface area contributed by atoms with Crippen LogP contribution in [-0.2, 0) is 0 Å². The van der Waals surface area contributed by atoms with Crippen molar-refractivity contribution in [2.75, 3.05) is 6.61 Å². The van der Waals surface area contributed by atoms with E-state index in [9.17, 15) is 29.5 Å². The maximum atomic E-state index is 12.7. The number of halogens is 5. The van der Waals surface area contributed by atoms with Gasteiger partial charge < -0.3 is 10.1 Å². The number of hydrogen-bond acceptors (Lipinski definition) is 4. The molecule has 0 saturated heterocycles. The van der Waals surface area contributed by atoms with Gasteiger partial charge in [-0.15, -0.1) is 0 Å². The van der Waals surface area contributed by atoms with Gasteiger partial charge in [0.05, 0.1) is 11.6 Å². The van der Waals surface area contributed by atoms with Gasteiger partial charge in [0.1, 0.15) is 23.3 Å². The van der Waals surface area contributed by atoms with Gasteiger partial charge in [-0.25, -0.2) is 0 Å². The Bertz CT molecular complexity index is 1030. The van der Waals surface area contributed by atoms with E-state index in [0.717, 1.165) is 0 Å². The van der Waals surface area contributed by atoms with Gasteiger partial charge in [-0.05, 0) is 43.3 Å². The first-order valence-corrected chi connectivity index (χ1v) is 9.82. The van der Waals surface area contributed by atoms with Gasteiger partial charge in [0.2, 0.25) is 0 Å². The summed E-state index contributed by atoms with van der Waals surface area (Å²) in [6.07, 6.45) is 0. The second-order valence-corrected chi connectivity index (χ2v) is 8.70. The minimum atomic E-state index is -9.84. The summed E-state index contributed by atoms with van der Waals surface area (Å²) in [6.45, 7) is 0.917. The van der Waals surface area contributed by atoms with Crippen LogP contribution in [0.2, 0.25) is 0 Å². The summed E-state index contributed by atoms with van der Waals surface area (Å²) >= 11 is 0. The third-order valence-electron chi connectivity index (χ3n) is 3.72. The van der Waals surface area contributed by atoms with Gasteiger partial charge in [-0.2, -0.15) is 10.5 Å². The van der Waals surface area contributed by atoms with Crippen LogP contribution < -0.4 is 10.1 Å². The lowest BCUT2D eigenvalue weighted by molar-refractivity contribution is 0.0901. The quantitative estimate of drug-likeness (QED) is 0.629. The molecule has 2 aromatic carbocycles. The highest BCUT2D eigenvalue weighted by molar-refractivity contribution is 8.45. The van der Waals surface area contributed by atoms with Crippen molar-refractivity contribution >= 4 is 16.1 Å². The van der Waals surface area contributed by atoms with Crippen molar-refractivity contribution in [3.63, 3.8) is 0 Å². The summed E-state index contributed by atoms with van der Waals surface area (Å²) in [5.41, 5.74) is -1.77. The van der Waals surface area contributed by atoms with Crippen molar-refractivity contribution in [1.29, 1.82) is 10.5 Å². The predicted molar refractivity (Wildman–Crippen MR) is 96.0 cm³/mol. The number of hydrogen-bond donors (Lipinski definition) is 1. The highest BCUT2D eigenvalue weighted by atomic mass is 32.5. The molecule has 0 radical (unpaired) electrons. The molecule has 5 nitrogen and oxygen atoms in total. The van der Waals surface area contributed by atoms with Crippen LogP contribution in [0.25, 0.3) is 0 Å². The largest absolute Gasteiger partial charge is 0.489 e. The fourth-order valence-corrected chi connectivity index (χ4v) is 2.84. The number of para-hydroxylation sites is 1. The second kappa shape index (κ2) is 6.64. The van der Waals surface area contributed by atoms with Crippen molar-refractivity contribution in [2.24, 2.45) is 0 Å². The van der Waals surface area contributed by atoms with Gasteiger partial charge in [0, 0.05) is 5.56 Å². The van der Waals surface area contributed by atoms with Gasteiger partial charge in [-0.3, -0.25) is 4.79 Å². The van der Waals surface area contributed by atoms with Crippen molar-refractivity contribution in [1.82, 2.24) is 5.32 Å². The van der Waals surface area contributed by atoms with Gasteiger partial charge in [-0.1, -0.05) is 31.6 Å². The lowest BCUT2D eigenvalue weighted by atomic mass is 10.0. The highest BCUT2D eigenvalue weighted by Gasteiger charge is 2.65. The van der Waals surface area contributed by atoms with E-state index < -0.39 is 26.6 Å². The minimum absolute atomic E-state index is 0.111. The van der Waals surface area contributed by atoms with Gasteiger partial charge in [0.25, 0.3) is 5.91 Å². The molecule has 0 heterocycles. The summed E-state index contributed by atoms with van der Waals surface area (Å²) in [4.78, 5) is 10.1. The Morgan fingerprint density at radius 3 is 2.17 bits per heavy atom. The Labute approximate surface area is 163 Å². The van der Waals surface area contributed by atoms with E-state index >= 15 is 0 Å². The summed E-state index contributed by atoms with van der Waals surface area (Å²) < 4.78 is 69.1. The van der Waals surface area contributed by atoms with Crippen LogP contribution in [0.4, 0.5) is 19.4 Å². The zero-order chi connectivity index (χ0) is 22.0. The van der Waals surface area contributed by atoms with Gasteiger partial charge in [0.15, 0.2) is 5.54 Å². The molecule has 0 aliphatic carbocycles. The van der Waals surface area contributed by atoms with E-state index in [0.29, 0.717) is 12.1 Å². The topological polar surface area (TPSA) is 85.9 Å². The van der Waals surface area contributed by atoms with Crippen LogP contribution >= 0.6 is 10.2 Å². The zero-order valence-corrected chi connectivity index (χ0v) is 15.7. The highest BCUT2D eigenvalue weighted by Crippen LogP contribution is 3.02. The first-order valence-electron chi connectivity index (χ1n) is 7.87. The summed E-state index contributed by atoms with van der Waals surface area (Å²) in [5.74, 6) is -0.786. The molecule has 1 amide bonds. The molecule has 2 rings (SSSR count). The fourth-order valence-electron chi connectivity index (χ4n) is 2.19. The smallest absolute Gasteiger partial charge is 0.310 e. The Morgan fingerprint density at radius 2 is 1.66 bits per heavy atom. The number of amides is 1. The molecule has 0 saturated carbocycles. The molecule has 2 aromatic rings. The zero-order valence-electron chi connectivity index (χ0n) is 14.8. The van der Waals surface area contributed by atoms with Crippen LogP contribution in [0.15, 0.2) is 53.4 Å². The van der Waals surface area contributed by atoms with Crippen LogP contribution in [0.1, 0.15) is 22.8 Å². The molecule has 1 N–H and O–H groups in total. The maximum absolute atomic E-state index is 12.7. The summed E-state index contributed by atoms with van der Waals surface area (Å²) in [5, 5.41) is 20.6. The van der Waals surface area contributed by atoms with E-state index in [1.807, 2.05) is 6.07 Å².